The van der Waals surface area contributed by atoms with E-state index in [1.165, 1.54) is 17.4 Å². The number of thiazole rings is 1. The van der Waals surface area contributed by atoms with E-state index in [9.17, 15) is 14.4 Å². The molecule has 3 aromatic rings. The maximum Gasteiger partial charge on any atom is 0.338 e. The van der Waals surface area contributed by atoms with E-state index in [0.29, 0.717) is 16.4 Å². The third-order valence-electron chi connectivity index (χ3n) is 3.96. The molecule has 0 saturated heterocycles. The van der Waals surface area contributed by atoms with Gasteiger partial charge in [0.25, 0.3) is 0 Å². The number of esters is 1. The van der Waals surface area contributed by atoms with Crippen LogP contribution in [0.2, 0.25) is 0 Å². The fraction of sp³-hybridized carbons (Fsp3) is 0.143. The number of aryl methyl sites for hydroxylation is 1. The van der Waals surface area contributed by atoms with E-state index in [1.807, 2.05) is 31.2 Å². The summed E-state index contributed by atoms with van der Waals surface area (Å²) in [6.45, 7) is 1.95. The molecule has 3 amide bonds. The highest BCUT2D eigenvalue weighted by Crippen LogP contribution is 2.16. The van der Waals surface area contributed by atoms with E-state index in [4.69, 9.17) is 10.5 Å². The molecule has 1 aromatic heterocycles. The number of benzene rings is 2. The minimum Gasteiger partial charge on any atom is -0.456 e. The van der Waals surface area contributed by atoms with Crippen molar-refractivity contribution < 1.29 is 19.1 Å². The second kappa shape index (κ2) is 9.66. The first kappa shape index (κ1) is 21.0. The van der Waals surface area contributed by atoms with Crippen molar-refractivity contribution in [1.29, 1.82) is 0 Å². The van der Waals surface area contributed by atoms with Crippen molar-refractivity contribution in [3.05, 3.63) is 75.7 Å². The van der Waals surface area contributed by atoms with Crippen LogP contribution in [0.25, 0.3) is 0 Å². The van der Waals surface area contributed by atoms with Crippen LogP contribution in [0, 0.1) is 6.92 Å². The van der Waals surface area contributed by atoms with Crippen LogP contribution in [0.5, 0.6) is 0 Å². The minimum absolute atomic E-state index is 0.0254. The lowest BCUT2D eigenvalue weighted by Gasteiger charge is -2.06. The average Bonchev–Trinajstić information content (AvgIpc) is 3.14. The van der Waals surface area contributed by atoms with Crippen molar-refractivity contribution in [2.75, 3.05) is 10.6 Å². The van der Waals surface area contributed by atoms with E-state index in [-0.39, 0.29) is 24.5 Å². The molecule has 0 aliphatic rings. The predicted octanol–water partition coefficient (Wildman–Crippen LogP) is 3.48. The summed E-state index contributed by atoms with van der Waals surface area (Å²) in [5.41, 5.74) is 8.13. The number of ether oxygens (including phenoxy) is 1. The molecular formula is C21H20N4O4S. The van der Waals surface area contributed by atoms with Crippen LogP contribution in [0.3, 0.4) is 0 Å². The topological polar surface area (TPSA) is 123 Å². The van der Waals surface area contributed by atoms with Crippen molar-refractivity contribution in [1.82, 2.24) is 4.98 Å². The van der Waals surface area contributed by atoms with Crippen LogP contribution in [-0.4, -0.2) is 22.9 Å². The van der Waals surface area contributed by atoms with Gasteiger partial charge in [-0.2, -0.15) is 0 Å². The molecule has 30 heavy (non-hydrogen) atoms. The summed E-state index contributed by atoms with van der Waals surface area (Å²) in [4.78, 5) is 39.6. The van der Waals surface area contributed by atoms with Gasteiger partial charge in [-0.1, -0.05) is 23.8 Å². The zero-order valence-electron chi connectivity index (χ0n) is 16.2. The Morgan fingerprint density at radius 1 is 1.07 bits per heavy atom. The highest BCUT2D eigenvalue weighted by molar-refractivity contribution is 7.09. The van der Waals surface area contributed by atoms with Crippen molar-refractivity contribution in [3.8, 4) is 0 Å². The lowest BCUT2D eigenvalue weighted by atomic mass is 10.2. The van der Waals surface area contributed by atoms with Gasteiger partial charge in [-0.3, -0.25) is 4.79 Å². The standard InChI is InChI=1S/C21H20N4O4S/c1-13-5-7-15(8-6-13)23-18(26)10-19-24-17(12-30-19)11-29-20(27)14-3-2-4-16(9-14)25-21(22)28/h2-9,12H,10-11H2,1H3,(H,23,26)(H3,22,25,28). The number of nitrogens with one attached hydrogen (secondary N) is 2. The van der Waals surface area contributed by atoms with Gasteiger partial charge < -0.3 is 21.1 Å². The molecule has 4 N–H and O–H groups in total. The molecule has 0 bridgehead atoms. The molecule has 0 fully saturated rings. The summed E-state index contributed by atoms with van der Waals surface area (Å²) >= 11 is 1.32. The molecule has 0 unspecified atom stereocenters. The highest BCUT2D eigenvalue weighted by atomic mass is 32.1. The number of amides is 3. The van der Waals surface area contributed by atoms with Gasteiger partial charge in [-0.05, 0) is 37.3 Å². The normalized spacial score (nSPS) is 10.3. The molecule has 0 saturated carbocycles. The molecule has 2 aromatic carbocycles. The molecule has 0 radical (unpaired) electrons. The third-order valence-corrected chi connectivity index (χ3v) is 4.86. The molecule has 0 atom stereocenters. The molecule has 8 nitrogen and oxygen atoms in total. The largest absolute Gasteiger partial charge is 0.456 e. The van der Waals surface area contributed by atoms with Gasteiger partial charge in [0.05, 0.1) is 17.7 Å². The number of carbonyl (C=O) groups is 3. The number of primary amides is 1. The number of hydrogen-bond acceptors (Lipinski definition) is 6. The van der Waals surface area contributed by atoms with E-state index in [0.717, 1.165) is 11.3 Å². The molecule has 9 heteroatoms. The number of nitrogens with zero attached hydrogens (tertiary/aromatic N) is 1. The average molecular weight is 424 g/mol. The monoisotopic (exact) mass is 424 g/mol. The molecule has 0 aliphatic heterocycles. The first-order chi connectivity index (χ1) is 14.4. The Morgan fingerprint density at radius 2 is 1.83 bits per heavy atom. The molecule has 3 rings (SSSR count). The van der Waals surface area contributed by atoms with Gasteiger partial charge >= 0.3 is 12.0 Å². The van der Waals surface area contributed by atoms with Gasteiger partial charge in [0.15, 0.2) is 0 Å². The number of nitrogens with two attached hydrogens (primary N) is 1. The van der Waals surface area contributed by atoms with E-state index in [1.54, 1.807) is 23.6 Å². The first-order valence-corrected chi connectivity index (χ1v) is 9.90. The summed E-state index contributed by atoms with van der Waals surface area (Å²) in [6, 6.07) is 13.1. The molecule has 0 aliphatic carbocycles. The van der Waals surface area contributed by atoms with Gasteiger partial charge in [-0.15, -0.1) is 11.3 Å². The summed E-state index contributed by atoms with van der Waals surface area (Å²) in [5.74, 6) is -0.731. The maximum atomic E-state index is 12.2. The van der Waals surface area contributed by atoms with Crippen molar-refractivity contribution in [3.63, 3.8) is 0 Å². The first-order valence-electron chi connectivity index (χ1n) is 9.02. The van der Waals surface area contributed by atoms with Crippen molar-refractivity contribution in [2.24, 2.45) is 5.73 Å². The zero-order valence-corrected chi connectivity index (χ0v) is 17.0. The second-order valence-corrected chi connectivity index (χ2v) is 7.41. The second-order valence-electron chi connectivity index (χ2n) is 6.47. The number of anilines is 2. The Kier molecular flexibility index (Phi) is 6.76. The maximum absolute atomic E-state index is 12.2. The van der Waals surface area contributed by atoms with Crippen LogP contribution >= 0.6 is 11.3 Å². The zero-order chi connectivity index (χ0) is 21.5. The fourth-order valence-electron chi connectivity index (χ4n) is 2.56. The van der Waals surface area contributed by atoms with E-state index >= 15 is 0 Å². The lowest BCUT2D eigenvalue weighted by Crippen LogP contribution is -2.19. The van der Waals surface area contributed by atoms with E-state index in [2.05, 4.69) is 15.6 Å². The fourth-order valence-corrected chi connectivity index (χ4v) is 3.34. The molecule has 154 valence electrons. The summed E-state index contributed by atoms with van der Waals surface area (Å²) in [7, 11) is 0. The van der Waals surface area contributed by atoms with Gasteiger partial charge in [0.2, 0.25) is 5.91 Å². The van der Waals surface area contributed by atoms with Crippen LogP contribution in [0.1, 0.15) is 26.6 Å². The Balaban J connectivity index is 1.51. The molecular weight excluding hydrogens is 404 g/mol. The lowest BCUT2D eigenvalue weighted by molar-refractivity contribution is -0.115. The Hall–Kier alpha value is -3.72. The SMILES string of the molecule is Cc1ccc(NC(=O)Cc2nc(COC(=O)c3cccc(NC(N)=O)c3)cs2)cc1. The van der Waals surface area contributed by atoms with Crippen LogP contribution in [0.15, 0.2) is 53.9 Å². The molecule has 1 heterocycles. The Bertz CT molecular complexity index is 1060. The van der Waals surface area contributed by atoms with Crippen LogP contribution in [0.4, 0.5) is 16.2 Å². The summed E-state index contributed by atoms with van der Waals surface area (Å²) in [5, 5.41) is 7.59. The third kappa shape index (κ3) is 6.14. The Morgan fingerprint density at radius 3 is 2.57 bits per heavy atom. The van der Waals surface area contributed by atoms with Gasteiger partial charge in [0.1, 0.15) is 11.6 Å². The Labute approximate surface area is 177 Å². The van der Waals surface area contributed by atoms with Crippen molar-refractivity contribution >= 4 is 40.6 Å². The summed E-state index contributed by atoms with van der Waals surface area (Å²) < 4.78 is 5.26. The number of carbonyl (C=O) groups excluding carboxylic acids is 3. The molecule has 0 spiro atoms. The summed E-state index contributed by atoms with van der Waals surface area (Å²) in [6.07, 6.45) is 0.132. The number of hydrogen-bond donors (Lipinski definition) is 3. The number of urea groups is 1. The number of rotatable bonds is 7. The smallest absolute Gasteiger partial charge is 0.338 e. The van der Waals surface area contributed by atoms with Crippen LogP contribution in [-0.2, 0) is 22.6 Å². The highest BCUT2D eigenvalue weighted by Gasteiger charge is 2.12. The van der Waals surface area contributed by atoms with Gasteiger partial charge in [-0.25, -0.2) is 14.6 Å². The van der Waals surface area contributed by atoms with Gasteiger partial charge in [0, 0.05) is 16.8 Å². The quantitative estimate of drug-likeness (QED) is 0.501. The number of aromatic nitrogens is 1. The predicted molar refractivity (Wildman–Crippen MR) is 114 cm³/mol. The minimum atomic E-state index is -0.720. The van der Waals surface area contributed by atoms with Crippen LogP contribution < -0.4 is 16.4 Å². The van der Waals surface area contributed by atoms with Crippen molar-refractivity contribution in [2.45, 2.75) is 20.0 Å². The van der Waals surface area contributed by atoms with E-state index < -0.39 is 12.0 Å².